The van der Waals surface area contributed by atoms with Crippen LogP contribution in [0.1, 0.15) is 58.3 Å². The topological polar surface area (TPSA) is 0 Å². The molecule has 1 aliphatic carbocycles. The van der Waals surface area contributed by atoms with Gasteiger partial charge in [-0.3, -0.25) is 0 Å². The Bertz CT molecular complexity index is 228. The summed E-state index contributed by atoms with van der Waals surface area (Å²) < 4.78 is 36.5. The maximum atomic E-state index is 12.2. The summed E-state index contributed by atoms with van der Waals surface area (Å²) >= 11 is 0. The van der Waals surface area contributed by atoms with Gasteiger partial charge in [-0.15, -0.1) is 0 Å². The highest BCUT2D eigenvalue weighted by molar-refractivity contribution is 5.31. The number of unbranched alkanes of at least 4 members (excludes halogenated alkanes) is 6. The standard InChI is InChI=1S/C13H21F3/c1-2-3-4-5-6-7-8-9-11-10-12(11)13(14,15)16/h10,12H,2-9H2,1H3/t12-/m0/s1. The molecule has 1 rings (SSSR count). The Balaban J connectivity index is 1.89. The van der Waals surface area contributed by atoms with Crippen LogP contribution in [-0.4, -0.2) is 6.18 Å². The molecule has 0 heterocycles. The molecule has 0 nitrogen and oxygen atoms in total. The van der Waals surface area contributed by atoms with Crippen molar-refractivity contribution in [2.24, 2.45) is 5.92 Å². The van der Waals surface area contributed by atoms with Crippen LogP contribution in [0.25, 0.3) is 0 Å². The molecule has 94 valence electrons. The van der Waals surface area contributed by atoms with Gasteiger partial charge in [-0.25, -0.2) is 0 Å². The van der Waals surface area contributed by atoms with Gasteiger partial charge in [0.05, 0.1) is 5.92 Å². The monoisotopic (exact) mass is 234 g/mol. The molecule has 0 saturated carbocycles. The van der Waals surface area contributed by atoms with Crippen molar-refractivity contribution >= 4 is 0 Å². The molecule has 0 amide bonds. The van der Waals surface area contributed by atoms with E-state index >= 15 is 0 Å². The van der Waals surface area contributed by atoms with Crippen molar-refractivity contribution in [3.05, 3.63) is 11.6 Å². The summed E-state index contributed by atoms with van der Waals surface area (Å²) in [6.45, 7) is 2.18. The molecule has 0 aromatic heterocycles. The lowest BCUT2D eigenvalue weighted by atomic mass is 10.1. The molecule has 0 unspecified atom stereocenters. The zero-order valence-electron chi connectivity index (χ0n) is 9.95. The van der Waals surface area contributed by atoms with Gasteiger partial charge in [-0.1, -0.05) is 57.1 Å². The van der Waals surface area contributed by atoms with E-state index in [0.717, 1.165) is 12.8 Å². The van der Waals surface area contributed by atoms with E-state index in [1.165, 1.54) is 38.2 Å². The van der Waals surface area contributed by atoms with Crippen LogP contribution in [0.15, 0.2) is 11.6 Å². The van der Waals surface area contributed by atoms with E-state index in [0.29, 0.717) is 12.0 Å². The van der Waals surface area contributed by atoms with Crippen LogP contribution in [-0.2, 0) is 0 Å². The zero-order valence-corrected chi connectivity index (χ0v) is 9.95. The van der Waals surface area contributed by atoms with Gasteiger partial charge in [0, 0.05) is 0 Å². The van der Waals surface area contributed by atoms with Gasteiger partial charge in [0.15, 0.2) is 0 Å². The van der Waals surface area contributed by atoms with Crippen LogP contribution in [0.4, 0.5) is 13.2 Å². The molecule has 0 saturated heterocycles. The van der Waals surface area contributed by atoms with Crippen molar-refractivity contribution in [2.45, 2.75) is 64.5 Å². The van der Waals surface area contributed by atoms with E-state index < -0.39 is 12.1 Å². The molecule has 0 aromatic rings. The third-order valence-corrected chi connectivity index (χ3v) is 3.09. The van der Waals surface area contributed by atoms with Gasteiger partial charge < -0.3 is 0 Å². The van der Waals surface area contributed by atoms with Crippen LogP contribution in [0.3, 0.4) is 0 Å². The summed E-state index contributed by atoms with van der Waals surface area (Å²) in [5.74, 6) is -1.17. The summed E-state index contributed by atoms with van der Waals surface area (Å²) in [5, 5.41) is 0. The molecule has 16 heavy (non-hydrogen) atoms. The maximum Gasteiger partial charge on any atom is 0.398 e. The quantitative estimate of drug-likeness (QED) is 0.397. The lowest BCUT2D eigenvalue weighted by Crippen LogP contribution is -2.12. The Morgan fingerprint density at radius 2 is 1.56 bits per heavy atom. The SMILES string of the molecule is CCCCCCCCCC1=C[C@@H]1C(F)(F)F. The average Bonchev–Trinajstić information content (AvgIpc) is 2.95. The highest BCUT2D eigenvalue weighted by Gasteiger charge is 2.47. The molecule has 3 heteroatoms. The Hall–Kier alpha value is -0.470. The lowest BCUT2D eigenvalue weighted by molar-refractivity contribution is -0.142. The van der Waals surface area contributed by atoms with E-state index in [1.807, 2.05) is 0 Å². The van der Waals surface area contributed by atoms with Gasteiger partial charge in [-0.05, 0) is 12.8 Å². The van der Waals surface area contributed by atoms with Gasteiger partial charge in [-0.2, -0.15) is 13.2 Å². The predicted molar refractivity (Wildman–Crippen MR) is 60.2 cm³/mol. The molecule has 0 N–H and O–H groups in total. The second kappa shape index (κ2) is 6.31. The first kappa shape index (κ1) is 13.6. The Morgan fingerprint density at radius 3 is 2.06 bits per heavy atom. The van der Waals surface area contributed by atoms with Crippen LogP contribution < -0.4 is 0 Å². The summed E-state index contributed by atoms with van der Waals surface area (Å²) in [4.78, 5) is 0. The fourth-order valence-electron chi connectivity index (χ4n) is 2.00. The van der Waals surface area contributed by atoms with Crippen LogP contribution in [0.2, 0.25) is 0 Å². The number of halogens is 3. The first-order valence-electron chi connectivity index (χ1n) is 6.33. The van der Waals surface area contributed by atoms with Crippen LogP contribution in [0.5, 0.6) is 0 Å². The lowest BCUT2D eigenvalue weighted by Gasteiger charge is -2.05. The van der Waals surface area contributed by atoms with Crippen molar-refractivity contribution in [3.8, 4) is 0 Å². The van der Waals surface area contributed by atoms with E-state index in [4.69, 9.17) is 0 Å². The molecule has 1 aliphatic rings. The minimum absolute atomic E-state index is 0.612. The van der Waals surface area contributed by atoms with Gasteiger partial charge >= 0.3 is 6.18 Å². The van der Waals surface area contributed by atoms with Crippen molar-refractivity contribution in [1.29, 1.82) is 0 Å². The molecular formula is C13H21F3. The second-order valence-corrected chi connectivity index (χ2v) is 4.63. The van der Waals surface area contributed by atoms with Crippen molar-refractivity contribution in [3.63, 3.8) is 0 Å². The Kier molecular flexibility index (Phi) is 5.36. The normalized spacial score (nSPS) is 19.8. The molecule has 0 aromatic carbocycles. The summed E-state index contributed by atoms with van der Waals surface area (Å²) in [6.07, 6.45) is 6.17. The Labute approximate surface area is 95.9 Å². The minimum atomic E-state index is -4.02. The number of alkyl halides is 3. The van der Waals surface area contributed by atoms with Crippen LogP contribution in [0, 0.1) is 5.92 Å². The third kappa shape index (κ3) is 5.04. The van der Waals surface area contributed by atoms with Gasteiger partial charge in [0.25, 0.3) is 0 Å². The number of allylic oxidation sites excluding steroid dienone is 2. The first-order valence-corrected chi connectivity index (χ1v) is 6.33. The molecule has 0 aliphatic heterocycles. The van der Waals surface area contributed by atoms with Crippen molar-refractivity contribution in [2.75, 3.05) is 0 Å². The zero-order chi connectivity index (χ0) is 12.0. The smallest absolute Gasteiger partial charge is 0.170 e. The predicted octanol–water partition coefficient (Wildman–Crippen LogP) is 5.25. The second-order valence-electron chi connectivity index (χ2n) is 4.63. The average molecular weight is 234 g/mol. The van der Waals surface area contributed by atoms with Crippen LogP contribution >= 0.6 is 0 Å². The fourth-order valence-corrected chi connectivity index (χ4v) is 2.00. The first-order chi connectivity index (χ1) is 7.55. The highest BCUT2D eigenvalue weighted by Crippen LogP contribution is 2.45. The van der Waals surface area contributed by atoms with Gasteiger partial charge in [0.1, 0.15) is 0 Å². The third-order valence-electron chi connectivity index (χ3n) is 3.09. The van der Waals surface area contributed by atoms with Gasteiger partial charge in [0.2, 0.25) is 0 Å². The molecule has 0 spiro atoms. The Morgan fingerprint density at radius 1 is 1.00 bits per heavy atom. The summed E-state index contributed by atoms with van der Waals surface area (Å²) in [6, 6.07) is 0. The largest absolute Gasteiger partial charge is 0.398 e. The van der Waals surface area contributed by atoms with E-state index in [9.17, 15) is 13.2 Å². The number of hydrogen-bond donors (Lipinski definition) is 0. The molecule has 0 bridgehead atoms. The minimum Gasteiger partial charge on any atom is -0.170 e. The molecule has 0 fully saturated rings. The summed E-state index contributed by atoms with van der Waals surface area (Å²) in [7, 11) is 0. The summed E-state index contributed by atoms with van der Waals surface area (Å²) in [5.41, 5.74) is 0.612. The molecule has 1 atom stereocenters. The molecule has 0 radical (unpaired) electrons. The van der Waals surface area contributed by atoms with E-state index in [2.05, 4.69) is 6.92 Å². The molecular weight excluding hydrogens is 213 g/mol. The van der Waals surface area contributed by atoms with Crippen molar-refractivity contribution in [1.82, 2.24) is 0 Å². The number of hydrogen-bond acceptors (Lipinski definition) is 0. The highest BCUT2D eigenvalue weighted by atomic mass is 19.4. The fraction of sp³-hybridized carbons (Fsp3) is 0.846. The van der Waals surface area contributed by atoms with E-state index in [1.54, 1.807) is 0 Å². The van der Waals surface area contributed by atoms with Crippen molar-refractivity contribution < 1.29 is 13.2 Å². The maximum absolute atomic E-state index is 12.2. The van der Waals surface area contributed by atoms with E-state index in [-0.39, 0.29) is 0 Å². The number of rotatable bonds is 8.